The highest BCUT2D eigenvalue weighted by atomic mass is 16.5. The van der Waals surface area contributed by atoms with Crippen molar-refractivity contribution in [2.45, 2.75) is 33.6 Å². The van der Waals surface area contributed by atoms with E-state index in [4.69, 9.17) is 4.74 Å². The minimum absolute atomic E-state index is 0.178. The third-order valence-corrected chi connectivity index (χ3v) is 2.98. The highest BCUT2D eigenvalue weighted by Crippen LogP contribution is 2.12. The highest BCUT2D eigenvalue weighted by molar-refractivity contribution is 6.47. The SMILES string of the molecule is CCOC(=O)[C@@H](NB(C)O)C(=O)c1ccc(C)c(C)c1. The minimum atomic E-state index is -1.20. The molecule has 0 spiro atoms. The van der Waals surface area contributed by atoms with Gasteiger partial charge < -0.3 is 15.0 Å². The van der Waals surface area contributed by atoms with Gasteiger partial charge in [-0.05, 0) is 44.8 Å². The summed E-state index contributed by atoms with van der Waals surface area (Å²) in [5, 5.41) is 11.9. The second kappa shape index (κ2) is 7.21. The molecular formula is C14H20BNO4. The van der Waals surface area contributed by atoms with E-state index in [2.05, 4.69) is 5.23 Å². The van der Waals surface area contributed by atoms with Gasteiger partial charge >= 0.3 is 13.0 Å². The Labute approximate surface area is 119 Å². The van der Waals surface area contributed by atoms with Gasteiger partial charge in [0.1, 0.15) is 0 Å². The van der Waals surface area contributed by atoms with Crippen molar-refractivity contribution >= 4 is 18.8 Å². The zero-order valence-corrected chi connectivity index (χ0v) is 12.3. The van der Waals surface area contributed by atoms with Crippen molar-refractivity contribution < 1.29 is 19.3 Å². The molecule has 108 valence electrons. The van der Waals surface area contributed by atoms with Gasteiger partial charge in [0, 0.05) is 5.56 Å². The molecule has 0 aliphatic heterocycles. The summed E-state index contributed by atoms with van der Waals surface area (Å²) in [4.78, 5) is 24.2. The molecule has 0 aliphatic rings. The topological polar surface area (TPSA) is 75.6 Å². The predicted octanol–water partition coefficient (Wildman–Crippen LogP) is 1.12. The summed E-state index contributed by atoms with van der Waals surface area (Å²) in [5.41, 5.74) is 2.45. The van der Waals surface area contributed by atoms with Crippen molar-refractivity contribution in [3.63, 3.8) is 0 Å². The average molecular weight is 277 g/mol. The molecule has 1 aromatic carbocycles. The van der Waals surface area contributed by atoms with E-state index in [1.54, 1.807) is 19.1 Å². The first kappa shape index (κ1) is 16.4. The van der Waals surface area contributed by atoms with Gasteiger partial charge in [0.25, 0.3) is 0 Å². The molecule has 20 heavy (non-hydrogen) atoms. The van der Waals surface area contributed by atoms with E-state index >= 15 is 0 Å². The van der Waals surface area contributed by atoms with Crippen LogP contribution in [0.25, 0.3) is 0 Å². The number of nitrogens with one attached hydrogen (secondary N) is 1. The van der Waals surface area contributed by atoms with Gasteiger partial charge in [-0.3, -0.25) is 4.79 Å². The van der Waals surface area contributed by atoms with Gasteiger partial charge in [-0.1, -0.05) is 12.1 Å². The van der Waals surface area contributed by atoms with Crippen molar-refractivity contribution in [3.05, 3.63) is 34.9 Å². The summed E-state index contributed by atoms with van der Waals surface area (Å²) in [6.45, 7) is 7.13. The van der Waals surface area contributed by atoms with E-state index in [1.807, 2.05) is 19.9 Å². The number of benzene rings is 1. The average Bonchev–Trinajstić information content (AvgIpc) is 2.38. The molecule has 0 aliphatic carbocycles. The normalized spacial score (nSPS) is 11.8. The Balaban J connectivity index is 3.02. The van der Waals surface area contributed by atoms with Gasteiger partial charge in [-0.2, -0.15) is 0 Å². The van der Waals surface area contributed by atoms with Gasteiger partial charge in [0.05, 0.1) is 6.61 Å². The van der Waals surface area contributed by atoms with Crippen molar-refractivity contribution in [1.29, 1.82) is 0 Å². The molecular weight excluding hydrogens is 257 g/mol. The smallest absolute Gasteiger partial charge is 0.374 e. The number of carbonyl (C=O) groups excluding carboxylic acids is 2. The Morgan fingerprint density at radius 2 is 2.00 bits per heavy atom. The molecule has 0 unspecified atom stereocenters. The second-order valence-electron chi connectivity index (χ2n) is 4.69. The van der Waals surface area contributed by atoms with Crippen LogP contribution in [0.2, 0.25) is 6.82 Å². The van der Waals surface area contributed by atoms with E-state index in [9.17, 15) is 14.6 Å². The lowest BCUT2D eigenvalue weighted by Crippen LogP contribution is -2.50. The first-order valence-corrected chi connectivity index (χ1v) is 6.59. The van der Waals surface area contributed by atoms with Crippen LogP contribution < -0.4 is 5.23 Å². The van der Waals surface area contributed by atoms with Crippen LogP contribution in [0.1, 0.15) is 28.4 Å². The summed E-state index contributed by atoms with van der Waals surface area (Å²) in [7, 11) is -0.986. The maximum Gasteiger partial charge on any atom is 0.374 e. The predicted molar refractivity (Wildman–Crippen MR) is 77.6 cm³/mol. The van der Waals surface area contributed by atoms with Crippen LogP contribution in [0, 0.1) is 13.8 Å². The van der Waals surface area contributed by atoms with Crippen LogP contribution in [0.4, 0.5) is 0 Å². The van der Waals surface area contributed by atoms with E-state index in [0.717, 1.165) is 11.1 Å². The lowest BCUT2D eigenvalue weighted by molar-refractivity contribution is -0.143. The molecule has 0 radical (unpaired) electrons. The molecule has 0 heterocycles. The number of hydrogen-bond donors (Lipinski definition) is 2. The summed E-state index contributed by atoms with van der Waals surface area (Å²) < 4.78 is 4.87. The first-order valence-electron chi connectivity index (χ1n) is 6.59. The van der Waals surface area contributed by atoms with Gasteiger partial charge in [-0.15, -0.1) is 0 Å². The third-order valence-electron chi connectivity index (χ3n) is 2.98. The molecule has 1 rings (SSSR count). The summed E-state index contributed by atoms with van der Waals surface area (Å²) >= 11 is 0. The van der Waals surface area contributed by atoms with Crippen molar-refractivity contribution in [2.24, 2.45) is 0 Å². The molecule has 6 heteroatoms. The maximum atomic E-state index is 12.4. The van der Waals surface area contributed by atoms with Crippen LogP contribution in [-0.4, -0.2) is 36.5 Å². The minimum Gasteiger partial charge on any atom is -0.465 e. The standard InChI is InChI=1S/C14H20BNO4/c1-5-20-14(18)12(16-15(4)19)13(17)11-7-6-9(2)10(3)8-11/h6-8,12,16,19H,5H2,1-4H3/t12-/m0/s1. The molecule has 2 N–H and O–H groups in total. The summed E-state index contributed by atoms with van der Waals surface area (Å²) in [6, 6.07) is 4.03. The molecule has 0 amide bonds. The van der Waals surface area contributed by atoms with Gasteiger partial charge in [0.15, 0.2) is 11.8 Å². The number of carbonyl (C=O) groups is 2. The molecule has 5 nitrogen and oxygen atoms in total. The van der Waals surface area contributed by atoms with E-state index in [1.165, 1.54) is 6.82 Å². The monoisotopic (exact) mass is 277 g/mol. The van der Waals surface area contributed by atoms with Gasteiger partial charge in [-0.25, -0.2) is 4.79 Å². The molecule has 0 aromatic heterocycles. The van der Waals surface area contributed by atoms with Crippen molar-refractivity contribution in [1.82, 2.24) is 5.23 Å². The van der Waals surface area contributed by atoms with Crippen LogP contribution in [0.5, 0.6) is 0 Å². The number of rotatable bonds is 6. The number of esters is 1. The van der Waals surface area contributed by atoms with Crippen molar-refractivity contribution in [3.8, 4) is 0 Å². The maximum absolute atomic E-state index is 12.4. The summed E-state index contributed by atoms with van der Waals surface area (Å²) in [6.07, 6.45) is 0. The lowest BCUT2D eigenvalue weighted by Gasteiger charge is -2.17. The molecule has 0 saturated carbocycles. The number of hydrogen-bond acceptors (Lipinski definition) is 5. The van der Waals surface area contributed by atoms with Crippen LogP contribution >= 0.6 is 0 Å². The number of Topliss-reactive ketones (excluding diaryl/α,β-unsaturated/α-hetero) is 1. The van der Waals surface area contributed by atoms with Gasteiger partial charge in [0.2, 0.25) is 0 Å². The Morgan fingerprint density at radius 1 is 1.35 bits per heavy atom. The lowest BCUT2D eigenvalue weighted by atomic mass is 9.85. The van der Waals surface area contributed by atoms with E-state index in [-0.39, 0.29) is 6.61 Å². The second-order valence-corrected chi connectivity index (χ2v) is 4.69. The largest absolute Gasteiger partial charge is 0.465 e. The van der Waals surface area contributed by atoms with Crippen LogP contribution in [0.15, 0.2) is 18.2 Å². The fourth-order valence-corrected chi connectivity index (χ4v) is 1.78. The Kier molecular flexibility index (Phi) is 5.92. The highest BCUT2D eigenvalue weighted by Gasteiger charge is 2.30. The Bertz CT molecular complexity index is 502. The molecule has 0 bridgehead atoms. The molecule has 0 saturated heterocycles. The zero-order chi connectivity index (χ0) is 15.3. The van der Waals surface area contributed by atoms with Crippen LogP contribution in [0.3, 0.4) is 0 Å². The molecule has 1 aromatic rings. The molecule has 0 fully saturated rings. The summed E-state index contributed by atoms with van der Waals surface area (Å²) in [5.74, 6) is -1.09. The number of aryl methyl sites for hydroxylation is 2. The number of ketones is 1. The van der Waals surface area contributed by atoms with Crippen LogP contribution in [-0.2, 0) is 9.53 Å². The van der Waals surface area contributed by atoms with E-state index in [0.29, 0.717) is 5.56 Å². The molecule has 1 atom stereocenters. The Morgan fingerprint density at radius 3 is 2.50 bits per heavy atom. The fraction of sp³-hybridized carbons (Fsp3) is 0.429. The first-order chi connectivity index (χ1) is 9.36. The quantitative estimate of drug-likeness (QED) is 0.353. The zero-order valence-electron chi connectivity index (χ0n) is 12.3. The number of ether oxygens (including phenoxy) is 1. The van der Waals surface area contributed by atoms with E-state index < -0.39 is 24.8 Å². The Hall–Kier alpha value is -1.66. The fourth-order valence-electron chi connectivity index (χ4n) is 1.78. The third kappa shape index (κ3) is 4.18. The van der Waals surface area contributed by atoms with Crippen molar-refractivity contribution in [2.75, 3.05) is 6.61 Å².